The van der Waals surface area contributed by atoms with Crippen LogP contribution in [0.4, 0.5) is 0 Å². The maximum atomic E-state index is 13.5. The Morgan fingerprint density at radius 2 is 1.88 bits per heavy atom. The molecule has 1 N–H and O–H groups in total. The van der Waals surface area contributed by atoms with Crippen LogP contribution in [-0.2, 0) is 14.3 Å². The summed E-state index contributed by atoms with van der Waals surface area (Å²) in [5.41, 5.74) is -0.0273. The molecule has 4 aliphatic rings. The lowest BCUT2D eigenvalue weighted by Crippen LogP contribution is -2.60. The van der Waals surface area contributed by atoms with E-state index in [2.05, 4.69) is 19.9 Å². The monoisotopic (exact) mass is 464 g/mol. The lowest BCUT2D eigenvalue weighted by Gasteiger charge is -2.57. The highest BCUT2D eigenvalue weighted by atomic mass is 16.6. The van der Waals surface area contributed by atoms with Gasteiger partial charge in [0, 0.05) is 24.2 Å². The molecule has 3 saturated carbocycles. The standard InChI is InChI=1S/C29H36O5/c1-18-15-24-22-10-9-20-16-21(31)11-13-27(20,2)23(22)12-14-28(24,3)29(18,25(32)17-30)34-26(33)19-7-5-4-6-8-19/h4-8,12,18,20,22,24,30H,9-11,13-17H2,1-3H3/t18-,20+,22-,24+,27+,28+,29+/m1/s1. The van der Waals surface area contributed by atoms with Gasteiger partial charge >= 0.3 is 5.97 Å². The van der Waals surface area contributed by atoms with E-state index in [4.69, 9.17) is 4.74 Å². The second kappa shape index (κ2) is 8.15. The van der Waals surface area contributed by atoms with E-state index in [1.54, 1.807) is 24.3 Å². The van der Waals surface area contributed by atoms with E-state index in [0.29, 0.717) is 42.4 Å². The van der Waals surface area contributed by atoms with Crippen molar-refractivity contribution in [3.63, 3.8) is 0 Å². The van der Waals surface area contributed by atoms with Crippen LogP contribution in [0.1, 0.15) is 76.1 Å². The first-order chi connectivity index (χ1) is 16.2. The van der Waals surface area contributed by atoms with Gasteiger partial charge in [-0.05, 0) is 67.4 Å². The fourth-order valence-corrected chi connectivity index (χ4v) is 8.41. The molecule has 0 aliphatic heterocycles. The number of ketones is 2. The van der Waals surface area contributed by atoms with Crippen molar-refractivity contribution in [3.8, 4) is 0 Å². The molecular formula is C29H36O5. The maximum absolute atomic E-state index is 13.5. The number of hydrogen-bond donors (Lipinski definition) is 1. The second-order valence-electron chi connectivity index (χ2n) is 11.6. The van der Waals surface area contributed by atoms with E-state index < -0.39 is 29.4 Å². The summed E-state index contributed by atoms with van der Waals surface area (Å²) in [6.45, 7) is 5.79. The highest BCUT2D eigenvalue weighted by molar-refractivity contribution is 5.96. The molecule has 5 heteroatoms. The summed E-state index contributed by atoms with van der Waals surface area (Å²) >= 11 is 0. The number of carbonyl (C=O) groups excluding carboxylic acids is 3. The molecule has 0 amide bonds. The van der Waals surface area contributed by atoms with Crippen molar-refractivity contribution in [1.82, 2.24) is 0 Å². The van der Waals surface area contributed by atoms with Crippen LogP contribution in [0.2, 0.25) is 0 Å². The number of benzene rings is 1. The summed E-state index contributed by atoms with van der Waals surface area (Å²) in [6, 6.07) is 8.80. The molecule has 3 fully saturated rings. The van der Waals surface area contributed by atoms with Gasteiger partial charge in [-0.2, -0.15) is 0 Å². The lowest BCUT2D eigenvalue weighted by molar-refractivity contribution is -0.163. The first-order valence-corrected chi connectivity index (χ1v) is 12.8. The predicted octanol–water partition coefficient (Wildman–Crippen LogP) is 4.92. The fraction of sp³-hybridized carbons (Fsp3) is 0.621. The number of hydrogen-bond acceptors (Lipinski definition) is 5. The Morgan fingerprint density at radius 3 is 2.59 bits per heavy atom. The Bertz CT molecular complexity index is 1040. The van der Waals surface area contributed by atoms with Crippen molar-refractivity contribution >= 4 is 17.5 Å². The van der Waals surface area contributed by atoms with Gasteiger partial charge < -0.3 is 9.84 Å². The molecule has 182 valence electrons. The van der Waals surface area contributed by atoms with Crippen molar-refractivity contribution in [2.45, 2.75) is 71.3 Å². The van der Waals surface area contributed by atoms with Gasteiger partial charge in [-0.3, -0.25) is 9.59 Å². The molecule has 0 aromatic heterocycles. The van der Waals surface area contributed by atoms with Gasteiger partial charge in [-0.15, -0.1) is 0 Å². The van der Waals surface area contributed by atoms with Crippen molar-refractivity contribution in [3.05, 3.63) is 47.5 Å². The minimum Gasteiger partial charge on any atom is -0.446 e. The van der Waals surface area contributed by atoms with Crippen molar-refractivity contribution in [1.29, 1.82) is 0 Å². The minimum atomic E-state index is -1.36. The zero-order valence-corrected chi connectivity index (χ0v) is 20.5. The summed E-state index contributed by atoms with van der Waals surface area (Å²) in [6.07, 6.45) is 8.00. The third-order valence-corrected chi connectivity index (χ3v) is 10.2. The van der Waals surface area contributed by atoms with Gasteiger partial charge in [0.05, 0.1) is 5.56 Å². The average Bonchev–Trinajstić information content (AvgIpc) is 3.06. The largest absolute Gasteiger partial charge is 0.446 e. The molecule has 0 saturated heterocycles. The van der Waals surface area contributed by atoms with Crippen molar-refractivity contribution in [2.24, 2.45) is 34.5 Å². The quantitative estimate of drug-likeness (QED) is 0.505. The Hall–Kier alpha value is -2.27. The third-order valence-electron chi connectivity index (χ3n) is 10.2. The van der Waals surface area contributed by atoms with Crippen LogP contribution in [0.5, 0.6) is 0 Å². The smallest absolute Gasteiger partial charge is 0.339 e. The van der Waals surface area contributed by atoms with Crippen LogP contribution >= 0.6 is 0 Å². The number of esters is 1. The number of carbonyl (C=O) groups is 3. The van der Waals surface area contributed by atoms with E-state index in [-0.39, 0.29) is 17.3 Å². The lowest BCUT2D eigenvalue weighted by atomic mass is 9.48. The van der Waals surface area contributed by atoms with Crippen LogP contribution in [0.15, 0.2) is 42.0 Å². The van der Waals surface area contributed by atoms with Crippen molar-refractivity contribution < 1.29 is 24.2 Å². The molecule has 5 nitrogen and oxygen atoms in total. The number of ether oxygens (including phenoxy) is 1. The molecule has 1 aromatic rings. The number of aliphatic hydroxyl groups is 1. The van der Waals surface area contributed by atoms with Crippen molar-refractivity contribution in [2.75, 3.05) is 6.61 Å². The fourth-order valence-electron chi connectivity index (χ4n) is 8.41. The van der Waals surface area contributed by atoms with Crippen LogP contribution in [-0.4, -0.2) is 34.9 Å². The number of aliphatic hydroxyl groups excluding tert-OH is 1. The highest BCUT2D eigenvalue weighted by Crippen LogP contribution is 2.68. The first-order valence-electron chi connectivity index (χ1n) is 12.8. The molecule has 0 spiro atoms. The molecule has 5 rings (SSSR count). The predicted molar refractivity (Wildman–Crippen MR) is 128 cm³/mol. The molecule has 0 unspecified atom stereocenters. The van der Waals surface area contributed by atoms with Gasteiger partial charge in [0.15, 0.2) is 5.60 Å². The Balaban J connectivity index is 1.55. The van der Waals surface area contributed by atoms with E-state index >= 15 is 0 Å². The van der Waals surface area contributed by atoms with E-state index in [9.17, 15) is 19.5 Å². The number of Topliss-reactive ketones (excluding diaryl/α,β-unsaturated/α-hetero) is 2. The average molecular weight is 465 g/mol. The molecular weight excluding hydrogens is 428 g/mol. The molecule has 7 atom stereocenters. The Morgan fingerprint density at radius 1 is 1.15 bits per heavy atom. The van der Waals surface area contributed by atoms with Crippen LogP contribution in [0, 0.1) is 34.5 Å². The minimum absolute atomic E-state index is 0.0361. The molecule has 34 heavy (non-hydrogen) atoms. The topological polar surface area (TPSA) is 80.7 Å². The van der Waals surface area contributed by atoms with Crippen LogP contribution in [0.3, 0.4) is 0 Å². The SMILES string of the molecule is C[C@@H]1C[C@H]2[C@@H]3CC[C@H]4CC(=O)CC[C@]4(C)C3=CC[C@]2(C)[C@@]1(OC(=O)c1ccccc1)C(=O)CO. The summed E-state index contributed by atoms with van der Waals surface area (Å²) in [5, 5.41) is 10.0. The van der Waals surface area contributed by atoms with E-state index in [1.165, 1.54) is 5.57 Å². The van der Waals surface area contributed by atoms with Gasteiger partial charge in [0.25, 0.3) is 0 Å². The second-order valence-corrected chi connectivity index (χ2v) is 11.6. The summed E-state index contributed by atoms with van der Waals surface area (Å²) in [5.74, 6) is 0.204. The molecule has 0 bridgehead atoms. The van der Waals surface area contributed by atoms with Gasteiger partial charge in [0.1, 0.15) is 12.4 Å². The van der Waals surface area contributed by atoms with Gasteiger partial charge in [0.2, 0.25) is 5.78 Å². The summed E-state index contributed by atoms with van der Waals surface area (Å²) < 4.78 is 6.23. The Labute approximate surface area is 202 Å². The highest BCUT2D eigenvalue weighted by Gasteiger charge is 2.70. The molecule has 0 heterocycles. The number of fused-ring (bicyclic) bond motifs is 5. The van der Waals surface area contributed by atoms with Gasteiger partial charge in [-0.25, -0.2) is 4.79 Å². The summed E-state index contributed by atoms with van der Waals surface area (Å²) in [7, 11) is 0. The van der Waals surface area contributed by atoms with Gasteiger partial charge in [-0.1, -0.05) is 50.6 Å². The zero-order chi connectivity index (χ0) is 24.3. The third kappa shape index (κ3) is 3.12. The molecule has 0 radical (unpaired) electrons. The number of allylic oxidation sites excluding steroid dienone is 2. The molecule has 1 aromatic carbocycles. The summed E-state index contributed by atoms with van der Waals surface area (Å²) in [4.78, 5) is 38.9. The van der Waals surface area contributed by atoms with E-state index in [1.807, 2.05) is 13.0 Å². The molecule has 4 aliphatic carbocycles. The first kappa shape index (κ1) is 23.5. The van der Waals surface area contributed by atoms with E-state index in [0.717, 1.165) is 25.7 Å². The van der Waals surface area contributed by atoms with Crippen LogP contribution < -0.4 is 0 Å². The van der Waals surface area contributed by atoms with Crippen LogP contribution in [0.25, 0.3) is 0 Å². The normalized spacial score (nSPS) is 41.1. The number of rotatable bonds is 4. The Kier molecular flexibility index (Phi) is 5.63. The zero-order valence-electron chi connectivity index (χ0n) is 20.5. The maximum Gasteiger partial charge on any atom is 0.339 e.